The number of aryl methyl sites for hydroxylation is 1. The molecular weight excluding hydrogens is 492 g/mol. The second-order valence-corrected chi connectivity index (χ2v) is 10.5. The smallest absolute Gasteiger partial charge is 0.305 e. The van der Waals surface area contributed by atoms with Gasteiger partial charge in [-0.3, -0.25) is 9.59 Å². The number of unbranched alkanes of at least 4 members (excludes halogenated alkanes) is 2. The molecule has 0 bridgehead atoms. The molecule has 2 heterocycles. The lowest BCUT2D eigenvalue weighted by atomic mass is 9.91. The molecule has 1 N–H and O–H groups in total. The Morgan fingerprint density at radius 1 is 1.08 bits per heavy atom. The molecule has 200 valence electrons. The Hall–Kier alpha value is -2.71. The van der Waals surface area contributed by atoms with Crippen LogP contribution in [0.2, 0.25) is 5.02 Å². The summed E-state index contributed by atoms with van der Waals surface area (Å²) in [4.78, 5) is 37.7. The molecule has 0 radical (unpaired) electrons. The van der Waals surface area contributed by atoms with Crippen LogP contribution in [-0.2, 0) is 20.7 Å². The highest BCUT2D eigenvalue weighted by Crippen LogP contribution is 2.37. The summed E-state index contributed by atoms with van der Waals surface area (Å²) in [6, 6.07) is 7.62. The van der Waals surface area contributed by atoms with Crippen molar-refractivity contribution in [3.05, 3.63) is 52.4 Å². The Kier molecular flexibility index (Phi) is 9.75. The molecule has 1 fully saturated rings. The number of benzene rings is 1. The molecule has 2 atom stereocenters. The first-order valence-electron chi connectivity index (χ1n) is 13.4. The van der Waals surface area contributed by atoms with Gasteiger partial charge in [0, 0.05) is 49.1 Å². The fraction of sp³-hybridized carbons (Fsp3) is 0.571. The molecule has 1 aromatic carbocycles. The van der Waals surface area contributed by atoms with Gasteiger partial charge in [0.2, 0.25) is 5.91 Å². The van der Waals surface area contributed by atoms with Crippen molar-refractivity contribution in [3.8, 4) is 0 Å². The quantitative estimate of drug-likeness (QED) is 0.400. The minimum atomic E-state index is -0.847. The van der Waals surface area contributed by atoms with Crippen LogP contribution in [0.1, 0.15) is 74.1 Å². The number of amides is 1. The number of piperazine rings is 1. The third-order valence-corrected chi connectivity index (χ3v) is 7.71. The molecule has 0 unspecified atom stereocenters. The molecule has 9 heteroatoms. The number of hydrogen-bond donors (Lipinski definition) is 1. The van der Waals surface area contributed by atoms with Crippen LogP contribution in [0.15, 0.2) is 30.6 Å². The normalized spacial score (nSPS) is 18.1. The summed E-state index contributed by atoms with van der Waals surface area (Å²) in [5.74, 6) is 0.631. The number of nitrogens with zero attached hydrogens (tertiary/aromatic N) is 4. The van der Waals surface area contributed by atoms with Gasteiger partial charge in [0.05, 0.1) is 18.9 Å². The molecule has 1 aromatic heterocycles. The summed E-state index contributed by atoms with van der Waals surface area (Å²) < 4.78 is 5.39. The molecule has 8 nitrogen and oxygen atoms in total. The zero-order chi connectivity index (χ0) is 26.2. The Morgan fingerprint density at radius 3 is 2.57 bits per heavy atom. The largest absolute Gasteiger partial charge is 0.481 e. The lowest BCUT2D eigenvalue weighted by Gasteiger charge is -2.38. The molecule has 1 amide bonds. The van der Waals surface area contributed by atoms with Crippen molar-refractivity contribution < 1.29 is 19.4 Å². The van der Waals surface area contributed by atoms with E-state index in [4.69, 9.17) is 21.4 Å². The average molecular weight is 529 g/mol. The lowest BCUT2D eigenvalue weighted by molar-refractivity contribution is -0.138. The SMILES string of the molecule is C[C@@H]1CCc2ncnc(N3CCN(C(=O)[C@H](CCCCCOCCC(=O)O)c4ccc(Cl)cc4)CC3)c21. The van der Waals surface area contributed by atoms with Crippen LogP contribution in [0.5, 0.6) is 0 Å². The van der Waals surface area contributed by atoms with Crippen LogP contribution in [0.25, 0.3) is 0 Å². The van der Waals surface area contributed by atoms with Crippen molar-refractivity contribution in [2.75, 3.05) is 44.3 Å². The van der Waals surface area contributed by atoms with Crippen LogP contribution < -0.4 is 4.90 Å². The highest BCUT2D eigenvalue weighted by molar-refractivity contribution is 6.30. The first-order chi connectivity index (χ1) is 17.9. The number of fused-ring (bicyclic) bond motifs is 1. The van der Waals surface area contributed by atoms with Gasteiger partial charge in [0.15, 0.2) is 0 Å². The number of anilines is 1. The maximum atomic E-state index is 13.7. The number of carbonyl (C=O) groups excluding carboxylic acids is 1. The fourth-order valence-corrected chi connectivity index (χ4v) is 5.48. The van der Waals surface area contributed by atoms with E-state index in [2.05, 4.69) is 21.8 Å². The van der Waals surface area contributed by atoms with Gasteiger partial charge in [0.25, 0.3) is 0 Å². The summed E-state index contributed by atoms with van der Waals surface area (Å²) in [6.45, 7) is 5.91. The summed E-state index contributed by atoms with van der Waals surface area (Å²) in [5.41, 5.74) is 3.45. The molecule has 2 aromatic rings. The number of rotatable bonds is 12. The van der Waals surface area contributed by atoms with Crippen LogP contribution in [0.4, 0.5) is 5.82 Å². The van der Waals surface area contributed by atoms with Crippen molar-refractivity contribution in [1.82, 2.24) is 14.9 Å². The third-order valence-electron chi connectivity index (χ3n) is 7.46. The van der Waals surface area contributed by atoms with Gasteiger partial charge in [-0.05, 0) is 49.3 Å². The van der Waals surface area contributed by atoms with Crippen LogP contribution in [0, 0.1) is 0 Å². The van der Waals surface area contributed by atoms with Crippen LogP contribution in [0.3, 0.4) is 0 Å². The lowest BCUT2D eigenvalue weighted by Crippen LogP contribution is -2.50. The number of carbonyl (C=O) groups is 2. The van der Waals surface area contributed by atoms with E-state index < -0.39 is 5.97 Å². The molecule has 0 spiro atoms. The summed E-state index contributed by atoms with van der Waals surface area (Å²) in [5, 5.41) is 9.35. The highest BCUT2D eigenvalue weighted by Gasteiger charge is 2.31. The molecule has 4 rings (SSSR count). The average Bonchev–Trinajstić information content (AvgIpc) is 3.29. The summed E-state index contributed by atoms with van der Waals surface area (Å²) in [7, 11) is 0. The number of ether oxygens (including phenoxy) is 1. The van der Waals surface area contributed by atoms with Crippen LogP contribution in [-0.4, -0.2) is 71.2 Å². The van der Waals surface area contributed by atoms with Gasteiger partial charge >= 0.3 is 5.97 Å². The van der Waals surface area contributed by atoms with Crippen molar-refractivity contribution in [1.29, 1.82) is 0 Å². The number of aromatic nitrogens is 2. The molecule has 2 aliphatic rings. The van der Waals surface area contributed by atoms with Crippen molar-refractivity contribution in [2.24, 2.45) is 0 Å². The zero-order valence-electron chi connectivity index (χ0n) is 21.6. The first-order valence-corrected chi connectivity index (χ1v) is 13.7. The van der Waals surface area contributed by atoms with E-state index in [-0.39, 0.29) is 24.9 Å². The summed E-state index contributed by atoms with van der Waals surface area (Å²) >= 11 is 6.11. The first kappa shape index (κ1) is 27.3. The molecule has 1 aliphatic carbocycles. The van der Waals surface area contributed by atoms with E-state index in [0.29, 0.717) is 30.6 Å². The Morgan fingerprint density at radius 2 is 1.84 bits per heavy atom. The second-order valence-electron chi connectivity index (χ2n) is 10.0. The number of carboxylic acids is 1. The number of carboxylic acid groups (broad SMARTS) is 1. The number of hydrogen-bond acceptors (Lipinski definition) is 6. The minimum Gasteiger partial charge on any atom is -0.481 e. The van der Waals surface area contributed by atoms with E-state index in [1.165, 1.54) is 11.3 Å². The molecule has 1 saturated heterocycles. The van der Waals surface area contributed by atoms with E-state index >= 15 is 0 Å². The van der Waals surface area contributed by atoms with E-state index in [9.17, 15) is 9.59 Å². The maximum absolute atomic E-state index is 13.7. The van der Waals surface area contributed by atoms with Gasteiger partial charge in [-0.1, -0.05) is 43.5 Å². The second kappa shape index (κ2) is 13.2. The van der Waals surface area contributed by atoms with Gasteiger partial charge in [-0.15, -0.1) is 0 Å². The number of aliphatic carboxylic acids is 1. The van der Waals surface area contributed by atoms with Gasteiger partial charge in [-0.2, -0.15) is 0 Å². The van der Waals surface area contributed by atoms with Crippen molar-refractivity contribution in [2.45, 2.75) is 63.7 Å². The topological polar surface area (TPSA) is 95.9 Å². The standard InChI is InChI=1S/C28H37ClN4O4/c1-20-6-11-24-26(20)27(31-19-30-24)32-13-15-33(16-14-32)28(36)23(21-7-9-22(29)10-8-21)5-3-2-4-17-37-18-12-25(34)35/h7-10,19-20,23H,2-6,11-18H2,1H3,(H,34,35)/t20-,23-/m1/s1. The Balaban J connectivity index is 1.33. The Bertz CT molecular complexity index is 1060. The minimum absolute atomic E-state index is 0.0269. The number of halogens is 1. The molecule has 1 aliphatic heterocycles. The van der Waals surface area contributed by atoms with Gasteiger partial charge in [0.1, 0.15) is 12.1 Å². The molecule has 0 saturated carbocycles. The maximum Gasteiger partial charge on any atom is 0.305 e. The van der Waals surface area contributed by atoms with Crippen molar-refractivity contribution in [3.63, 3.8) is 0 Å². The predicted molar refractivity (Wildman–Crippen MR) is 143 cm³/mol. The van der Waals surface area contributed by atoms with Crippen molar-refractivity contribution >= 4 is 29.3 Å². The monoisotopic (exact) mass is 528 g/mol. The van der Waals surface area contributed by atoms with E-state index in [1.54, 1.807) is 6.33 Å². The van der Waals surface area contributed by atoms with Crippen LogP contribution >= 0.6 is 11.6 Å². The van der Waals surface area contributed by atoms with Gasteiger partial charge in [-0.25, -0.2) is 9.97 Å². The predicted octanol–water partition coefficient (Wildman–Crippen LogP) is 4.66. The van der Waals surface area contributed by atoms with E-state index in [0.717, 1.165) is 63.0 Å². The zero-order valence-corrected chi connectivity index (χ0v) is 22.3. The Labute approximate surface area is 224 Å². The highest BCUT2D eigenvalue weighted by atomic mass is 35.5. The third kappa shape index (κ3) is 7.20. The van der Waals surface area contributed by atoms with Gasteiger partial charge < -0.3 is 19.6 Å². The molecule has 37 heavy (non-hydrogen) atoms. The summed E-state index contributed by atoms with van der Waals surface area (Å²) in [6.07, 6.45) is 7.27. The molecular formula is C28H37ClN4O4. The van der Waals surface area contributed by atoms with E-state index in [1.807, 2.05) is 29.2 Å². The fourth-order valence-electron chi connectivity index (χ4n) is 5.35.